The Bertz CT molecular complexity index is 731. The van der Waals surface area contributed by atoms with Crippen molar-refractivity contribution in [1.29, 1.82) is 0 Å². The van der Waals surface area contributed by atoms with Gasteiger partial charge in [0.2, 0.25) is 0 Å². The molecule has 1 saturated heterocycles. The molecule has 1 aromatic carbocycles. The van der Waals surface area contributed by atoms with E-state index < -0.39 is 6.04 Å². The van der Waals surface area contributed by atoms with E-state index in [1.54, 1.807) is 7.11 Å². The van der Waals surface area contributed by atoms with E-state index in [1.807, 2.05) is 25.1 Å². The number of hydrogen-bond donors (Lipinski definition) is 3. The molecular formula is C32H56N4O3. The lowest BCUT2D eigenvalue weighted by Crippen LogP contribution is -2.25. The molecule has 39 heavy (non-hydrogen) atoms. The van der Waals surface area contributed by atoms with E-state index >= 15 is 0 Å². The first kappa shape index (κ1) is 43.1. The first-order valence-corrected chi connectivity index (χ1v) is 13.4. The fraction of sp³-hybridized carbons (Fsp3) is 0.562. The SMILES string of the molecule is C#C.C#C.CC=C(C)C.CN1CCCCC1.COc1cccc(CNCC(C)CN)c1.N[C@@H](C=O)CCC=O. The van der Waals surface area contributed by atoms with Gasteiger partial charge in [0, 0.05) is 13.0 Å². The lowest BCUT2D eigenvalue weighted by molar-refractivity contribution is -0.109. The standard InChI is InChI=1S/C12H20N2O.C6H13N.C5H9NO2.C5H10.2C2H2/c1-10(7-13)8-14-9-11-4-3-5-12(6-11)15-2;1-7-5-3-2-4-6-7;6-5(4-8)2-1-3-7;1-4-5(2)3;2*1-2/h3-6,10,14H,7-9,13H2,1-2H3;2-6H2,1H3;3-5H,1-2,6H2;4H,1-3H3;2*1-2H/t;;5-;;;/m..1.../s1. The second kappa shape index (κ2) is 35.1. The predicted molar refractivity (Wildman–Crippen MR) is 168 cm³/mol. The molecule has 1 aliphatic rings. The molecule has 2 rings (SSSR count). The number of rotatable bonds is 10. The molecule has 0 spiro atoms. The molecule has 0 saturated carbocycles. The number of carbonyl (C=O) groups is 2. The van der Waals surface area contributed by atoms with Crippen LogP contribution in [0.25, 0.3) is 0 Å². The van der Waals surface area contributed by atoms with Crippen LogP contribution in [-0.2, 0) is 16.1 Å². The lowest BCUT2D eigenvalue weighted by Gasteiger charge is -2.20. The van der Waals surface area contributed by atoms with Crippen LogP contribution in [0.3, 0.4) is 0 Å². The molecule has 5 N–H and O–H groups in total. The predicted octanol–water partition coefficient (Wildman–Crippen LogP) is 4.44. The topological polar surface area (TPSA) is 111 Å². The van der Waals surface area contributed by atoms with Crippen LogP contribution in [0.15, 0.2) is 35.9 Å². The van der Waals surface area contributed by atoms with E-state index in [4.69, 9.17) is 16.2 Å². The molecule has 1 fully saturated rings. The van der Waals surface area contributed by atoms with Crippen LogP contribution in [0.4, 0.5) is 0 Å². The summed E-state index contributed by atoms with van der Waals surface area (Å²) in [5, 5.41) is 3.37. The highest BCUT2D eigenvalue weighted by Gasteiger charge is 2.02. The number of terminal acetylenes is 2. The molecule has 0 radical (unpaired) electrons. The largest absolute Gasteiger partial charge is 0.497 e. The number of likely N-dealkylation sites (tertiary alicyclic amines) is 1. The van der Waals surface area contributed by atoms with Gasteiger partial charge in [0.1, 0.15) is 18.3 Å². The van der Waals surface area contributed by atoms with E-state index in [0.717, 1.165) is 31.7 Å². The average Bonchev–Trinajstić information content (AvgIpc) is 2.99. The van der Waals surface area contributed by atoms with Gasteiger partial charge in [-0.1, -0.05) is 37.1 Å². The van der Waals surface area contributed by atoms with Crippen LogP contribution >= 0.6 is 0 Å². The van der Waals surface area contributed by atoms with Crippen molar-refractivity contribution in [3.8, 4) is 31.4 Å². The van der Waals surface area contributed by atoms with Crippen molar-refractivity contribution in [2.24, 2.45) is 17.4 Å². The number of nitrogens with two attached hydrogens (primary N) is 2. The molecule has 0 amide bonds. The molecule has 1 aliphatic heterocycles. The van der Waals surface area contributed by atoms with Crippen LogP contribution in [0.2, 0.25) is 0 Å². The van der Waals surface area contributed by atoms with Gasteiger partial charge < -0.3 is 36.0 Å². The zero-order valence-corrected chi connectivity index (χ0v) is 25.4. The van der Waals surface area contributed by atoms with E-state index in [0.29, 0.717) is 25.0 Å². The van der Waals surface area contributed by atoms with E-state index in [-0.39, 0.29) is 0 Å². The second-order valence-corrected chi connectivity index (χ2v) is 9.10. The fourth-order valence-electron chi connectivity index (χ4n) is 2.71. The summed E-state index contributed by atoms with van der Waals surface area (Å²) >= 11 is 0. The normalized spacial score (nSPS) is 12.9. The summed E-state index contributed by atoms with van der Waals surface area (Å²) in [4.78, 5) is 21.8. The summed E-state index contributed by atoms with van der Waals surface area (Å²) in [6.07, 6.45) is 24.6. The molecule has 0 aromatic heterocycles. The minimum absolute atomic E-state index is 0.375. The van der Waals surface area contributed by atoms with Crippen molar-refractivity contribution in [2.45, 2.75) is 72.4 Å². The Balaban J connectivity index is -0.000000217. The summed E-state index contributed by atoms with van der Waals surface area (Å²) in [5.41, 5.74) is 13.3. The van der Waals surface area contributed by atoms with Gasteiger partial charge in [-0.2, -0.15) is 0 Å². The summed E-state index contributed by atoms with van der Waals surface area (Å²) < 4.78 is 5.16. The van der Waals surface area contributed by atoms with E-state index in [1.165, 1.54) is 43.5 Å². The van der Waals surface area contributed by atoms with Crippen molar-refractivity contribution in [3.63, 3.8) is 0 Å². The molecule has 0 aliphatic carbocycles. The molecule has 1 unspecified atom stereocenters. The highest BCUT2D eigenvalue weighted by atomic mass is 16.5. The van der Waals surface area contributed by atoms with Gasteiger partial charge in [0.25, 0.3) is 0 Å². The number of allylic oxidation sites excluding steroid dienone is 2. The zero-order chi connectivity index (χ0) is 30.9. The zero-order valence-electron chi connectivity index (χ0n) is 25.4. The molecule has 0 bridgehead atoms. The summed E-state index contributed by atoms with van der Waals surface area (Å²) in [5.74, 6) is 1.43. The molecule has 7 heteroatoms. The Hall–Kier alpha value is -2.94. The van der Waals surface area contributed by atoms with Gasteiger partial charge >= 0.3 is 0 Å². The number of methoxy groups -OCH3 is 1. The van der Waals surface area contributed by atoms with Gasteiger partial charge in [-0.05, 0) is 96.9 Å². The fourth-order valence-corrected chi connectivity index (χ4v) is 2.71. The van der Waals surface area contributed by atoms with Crippen LogP contribution in [0.5, 0.6) is 5.75 Å². The highest BCUT2D eigenvalue weighted by molar-refractivity contribution is 5.58. The first-order valence-electron chi connectivity index (χ1n) is 13.4. The summed E-state index contributed by atoms with van der Waals surface area (Å²) in [6, 6.07) is 7.62. The van der Waals surface area contributed by atoms with E-state index in [2.05, 4.69) is 75.9 Å². The molecular weight excluding hydrogens is 488 g/mol. The molecule has 2 atom stereocenters. The lowest BCUT2D eigenvalue weighted by atomic mass is 10.1. The maximum Gasteiger partial charge on any atom is 0.136 e. The number of benzene rings is 1. The third kappa shape index (κ3) is 35.1. The van der Waals surface area contributed by atoms with Crippen molar-refractivity contribution < 1.29 is 14.3 Å². The highest BCUT2D eigenvalue weighted by Crippen LogP contribution is 2.12. The van der Waals surface area contributed by atoms with Crippen molar-refractivity contribution in [2.75, 3.05) is 40.3 Å². The Morgan fingerprint density at radius 2 is 1.69 bits per heavy atom. The number of aldehydes is 2. The Morgan fingerprint density at radius 3 is 2.08 bits per heavy atom. The average molecular weight is 545 g/mol. The Labute approximate surface area is 240 Å². The second-order valence-electron chi connectivity index (χ2n) is 9.10. The molecule has 1 heterocycles. The van der Waals surface area contributed by atoms with Gasteiger partial charge in [-0.3, -0.25) is 0 Å². The maximum atomic E-state index is 9.77. The number of nitrogens with zero attached hydrogens (tertiary/aromatic N) is 1. The number of ether oxygens (including phenoxy) is 1. The van der Waals surface area contributed by atoms with Gasteiger partial charge in [0.05, 0.1) is 13.2 Å². The summed E-state index contributed by atoms with van der Waals surface area (Å²) in [6.45, 7) is 13.5. The maximum absolute atomic E-state index is 9.77. The van der Waals surface area contributed by atoms with E-state index in [9.17, 15) is 9.59 Å². The van der Waals surface area contributed by atoms with Crippen molar-refractivity contribution in [1.82, 2.24) is 10.2 Å². The van der Waals surface area contributed by atoms with Gasteiger partial charge in [-0.15, -0.1) is 25.7 Å². The number of nitrogens with one attached hydrogen (secondary N) is 1. The summed E-state index contributed by atoms with van der Waals surface area (Å²) in [7, 11) is 3.88. The van der Waals surface area contributed by atoms with Crippen LogP contribution in [0.1, 0.15) is 65.4 Å². The van der Waals surface area contributed by atoms with Gasteiger partial charge in [0.15, 0.2) is 0 Å². The monoisotopic (exact) mass is 544 g/mol. The van der Waals surface area contributed by atoms with Crippen LogP contribution in [0, 0.1) is 31.6 Å². The first-order chi connectivity index (χ1) is 18.7. The number of piperidine rings is 1. The Morgan fingerprint density at radius 1 is 1.13 bits per heavy atom. The minimum Gasteiger partial charge on any atom is -0.497 e. The van der Waals surface area contributed by atoms with Gasteiger partial charge in [-0.25, -0.2) is 0 Å². The molecule has 1 aromatic rings. The quantitative estimate of drug-likeness (QED) is 0.227. The molecule has 222 valence electrons. The Kier molecular flexibility index (Phi) is 38.8. The van der Waals surface area contributed by atoms with Crippen LogP contribution < -0.4 is 21.5 Å². The number of carbonyl (C=O) groups excluding carboxylic acids is 2. The third-order valence-electron chi connectivity index (χ3n) is 5.31. The minimum atomic E-state index is -0.458. The third-order valence-corrected chi connectivity index (χ3v) is 5.31. The number of hydrogen-bond acceptors (Lipinski definition) is 7. The van der Waals surface area contributed by atoms with Crippen LogP contribution in [-0.4, -0.2) is 63.9 Å². The van der Waals surface area contributed by atoms with Crippen molar-refractivity contribution >= 4 is 12.6 Å². The van der Waals surface area contributed by atoms with Crippen molar-refractivity contribution in [3.05, 3.63) is 41.5 Å². The smallest absolute Gasteiger partial charge is 0.136 e. The molecule has 7 nitrogen and oxygen atoms in total.